The van der Waals surface area contributed by atoms with Crippen LogP contribution in [-0.2, 0) is 16.0 Å². The quantitative estimate of drug-likeness (QED) is 0.897. The van der Waals surface area contributed by atoms with Gasteiger partial charge < -0.3 is 20.1 Å². The summed E-state index contributed by atoms with van der Waals surface area (Å²) in [6, 6.07) is 10.9. The number of hydrogen-bond acceptors (Lipinski definition) is 4. The number of carbonyl (C=O) groups is 2. The molecule has 0 bridgehead atoms. The minimum atomic E-state index is -0.518. The molecule has 2 aromatic rings. The molecule has 130 valence electrons. The first-order valence-corrected chi connectivity index (χ1v) is 8.01. The van der Waals surface area contributed by atoms with E-state index in [9.17, 15) is 9.59 Å². The van der Waals surface area contributed by atoms with E-state index in [-0.39, 0.29) is 18.2 Å². The third-order valence-corrected chi connectivity index (χ3v) is 3.97. The van der Waals surface area contributed by atoms with Crippen molar-refractivity contribution in [1.82, 2.24) is 0 Å². The zero-order chi connectivity index (χ0) is 18.0. The number of carbonyl (C=O) groups excluding carboxylic acids is 2. The van der Waals surface area contributed by atoms with Gasteiger partial charge in [-0.15, -0.1) is 0 Å². The molecule has 0 saturated heterocycles. The molecule has 6 nitrogen and oxygen atoms in total. The van der Waals surface area contributed by atoms with Gasteiger partial charge in [0.05, 0.1) is 24.9 Å². The lowest BCUT2D eigenvalue weighted by atomic mass is 10.1. The van der Waals surface area contributed by atoms with Gasteiger partial charge >= 0.3 is 0 Å². The van der Waals surface area contributed by atoms with Gasteiger partial charge in [0, 0.05) is 0 Å². The van der Waals surface area contributed by atoms with Gasteiger partial charge in [-0.3, -0.25) is 9.59 Å². The molecular formula is C19H20N2O4. The minimum absolute atomic E-state index is 0.166. The Labute approximate surface area is 146 Å². The van der Waals surface area contributed by atoms with E-state index in [1.165, 1.54) is 0 Å². The predicted octanol–water partition coefficient (Wildman–Crippen LogP) is 2.90. The Hall–Kier alpha value is -3.02. The highest BCUT2D eigenvalue weighted by Crippen LogP contribution is 2.31. The molecule has 1 aliphatic heterocycles. The fourth-order valence-electron chi connectivity index (χ4n) is 2.67. The van der Waals surface area contributed by atoms with Crippen LogP contribution in [0.3, 0.4) is 0 Å². The fraction of sp³-hybridized carbons (Fsp3) is 0.263. The summed E-state index contributed by atoms with van der Waals surface area (Å²) in [4.78, 5) is 24.1. The fourth-order valence-corrected chi connectivity index (χ4v) is 2.67. The largest absolute Gasteiger partial charge is 0.495 e. The van der Waals surface area contributed by atoms with Crippen LogP contribution in [0.2, 0.25) is 0 Å². The molecule has 2 aromatic carbocycles. The van der Waals surface area contributed by atoms with E-state index in [0.29, 0.717) is 22.9 Å². The van der Waals surface area contributed by atoms with Crippen LogP contribution in [0.1, 0.15) is 18.1 Å². The molecule has 1 atom stereocenters. The lowest BCUT2D eigenvalue weighted by Crippen LogP contribution is -2.34. The Balaban J connectivity index is 1.73. The summed E-state index contributed by atoms with van der Waals surface area (Å²) in [5.74, 6) is 0.856. The molecule has 6 heteroatoms. The summed E-state index contributed by atoms with van der Waals surface area (Å²) >= 11 is 0. The van der Waals surface area contributed by atoms with Gasteiger partial charge in [-0.05, 0) is 49.2 Å². The number of benzene rings is 2. The van der Waals surface area contributed by atoms with Crippen molar-refractivity contribution in [3.8, 4) is 11.5 Å². The van der Waals surface area contributed by atoms with Crippen LogP contribution in [0.25, 0.3) is 0 Å². The standard InChI is InChI=1S/C19H20N2O4/c1-11-4-6-16(24-3)14(8-11)20-18(22)10-13-5-7-17-15(9-13)21-19(23)12(2)25-17/h4-9,12H,10H2,1-3H3,(H,20,22)(H,21,23). The maximum Gasteiger partial charge on any atom is 0.265 e. The average Bonchev–Trinajstić information content (AvgIpc) is 2.56. The number of methoxy groups -OCH3 is 1. The number of amides is 2. The van der Waals surface area contributed by atoms with E-state index in [4.69, 9.17) is 9.47 Å². The van der Waals surface area contributed by atoms with Gasteiger partial charge in [-0.25, -0.2) is 0 Å². The van der Waals surface area contributed by atoms with Crippen LogP contribution >= 0.6 is 0 Å². The predicted molar refractivity (Wildman–Crippen MR) is 95.2 cm³/mol. The van der Waals surface area contributed by atoms with E-state index in [2.05, 4.69) is 10.6 Å². The van der Waals surface area contributed by atoms with Crippen molar-refractivity contribution in [3.05, 3.63) is 47.5 Å². The number of nitrogens with one attached hydrogen (secondary N) is 2. The molecule has 2 amide bonds. The summed E-state index contributed by atoms with van der Waals surface area (Å²) in [6.07, 6.45) is -0.342. The summed E-state index contributed by atoms with van der Waals surface area (Å²) in [5, 5.41) is 5.65. The number of hydrogen-bond donors (Lipinski definition) is 2. The highest BCUT2D eigenvalue weighted by Gasteiger charge is 2.23. The van der Waals surface area contributed by atoms with Crippen molar-refractivity contribution in [1.29, 1.82) is 0 Å². The first-order chi connectivity index (χ1) is 12.0. The van der Waals surface area contributed by atoms with Gasteiger partial charge in [-0.2, -0.15) is 0 Å². The van der Waals surface area contributed by atoms with Crippen LogP contribution in [0.15, 0.2) is 36.4 Å². The van der Waals surface area contributed by atoms with E-state index >= 15 is 0 Å². The third-order valence-electron chi connectivity index (χ3n) is 3.97. The number of anilines is 2. The lowest BCUT2D eigenvalue weighted by Gasteiger charge is -2.23. The summed E-state index contributed by atoms with van der Waals surface area (Å²) in [5.41, 5.74) is 3.03. The monoisotopic (exact) mass is 340 g/mol. The first-order valence-electron chi connectivity index (χ1n) is 8.01. The zero-order valence-corrected chi connectivity index (χ0v) is 14.4. The first kappa shape index (κ1) is 16.8. The number of aryl methyl sites for hydroxylation is 1. The molecule has 0 spiro atoms. The average molecular weight is 340 g/mol. The molecule has 0 saturated carbocycles. The van der Waals surface area contributed by atoms with Gasteiger partial charge in [0.2, 0.25) is 5.91 Å². The molecule has 1 unspecified atom stereocenters. The summed E-state index contributed by atoms with van der Waals surface area (Å²) < 4.78 is 10.8. The smallest absolute Gasteiger partial charge is 0.265 e. The lowest BCUT2D eigenvalue weighted by molar-refractivity contribution is -0.122. The Morgan fingerprint density at radius 1 is 1.28 bits per heavy atom. The highest BCUT2D eigenvalue weighted by molar-refractivity contribution is 5.98. The van der Waals surface area contributed by atoms with Crippen LogP contribution in [0, 0.1) is 6.92 Å². The molecule has 0 aliphatic carbocycles. The second-order valence-corrected chi connectivity index (χ2v) is 6.01. The Bertz CT molecular complexity index is 832. The van der Waals surface area contributed by atoms with Crippen LogP contribution in [0.5, 0.6) is 11.5 Å². The molecule has 1 aliphatic rings. The van der Waals surface area contributed by atoms with Gasteiger partial charge in [0.25, 0.3) is 5.91 Å². The van der Waals surface area contributed by atoms with Gasteiger partial charge in [-0.1, -0.05) is 12.1 Å². The maximum absolute atomic E-state index is 12.4. The van der Waals surface area contributed by atoms with Crippen molar-refractivity contribution >= 4 is 23.2 Å². The summed E-state index contributed by atoms with van der Waals surface area (Å²) in [6.45, 7) is 3.64. The minimum Gasteiger partial charge on any atom is -0.495 e. The Morgan fingerprint density at radius 3 is 2.84 bits per heavy atom. The van der Waals surface area contributed by atoms with Crippen molar-refractivity contribution in [2.45, 2.75) is 26.4 Å². The Morgan fingerprint density at radius 2 is 2.08 bits per heavy atom. The molecule has 0 aromatic heterocycles. The van der Waals surface area contributed by atoms with E-state index in [0.717, 1.165) is 11.1 Å². The second-order valence-electron chi connectivity index (χ2n) is 6.01. The Kier molecular flexibility index (Phi) is 4.61. The van der Waals surface area contributed by atoms with E-state index < -0.39 is 6.10 Å². The molecule has 1 heterocycles. The van der Waals surface area contributed by atoms with E-state index in [1.54, 1.807) is 26.2 Å². The van der Waals surface area contributed by atoms with E-state index in [1.807, 2.05) is 31.2 Å². The second kappa shape index (κ2) is 6.84. The molecule has 0 radical (unpaired) electrons. The van der Waals surface area contributed by atoms with Crippen molar-refractivity contribution < 1.29 is 19.1 Å². The van der Waals surface area contributed by atoms with Crippen LogP contribution < -0.4 is 20.1 Å². The molecule has 2 N–H and O–H groups in total. The van der Waals surface area contributed by atoms with Crippen molar-refractivity contribution in [2.24, 2.45) is 0 Å². The maximum atomic E-state index is 12.4. The van der Waals surface area contributed by atoms with Gasteiger partial charge in [0.1, 0.15) is 11.5 Å². The van der Waals surface area contributed by atoms with Crippen LogP contribution in [0.4, 0.5) is 11.4 Å². The topological polar surface area (TPSA) is 76.7 Å². The molecule has 3 rings (SSSR count). The number of fused-ring (bicyclic) bond motifs is 1. The third kappa shape index (κ3) is 3.74. The normalized spacial score (nSPS) is 15.6. The van der Waals surface area contributed by atoms with Gasteiger partial charge in [0.15, 0.2) is 6.10 Å². The molecular weight excluding hydrogens is 320 g/mol. The SMILES string of the molecule is COc1ccc(C)cc1NC(=O)Cc1ccc2c(c1)NC(=O)C(C)O2. The summed E-state index contributed by atoms with van der Waals surface area (Å²) in [7, 11) is 1.56. The van der Waals surface area contributed by atoms with Crippen LogP contribution in [-0.4, -0.2) is 25.0 Å². The van der Waals surface area contributed by atoms with Crippen molar-refractivity contribution in [3.63, 3.8) is 0 Å². The highest BCUT2D eigenvalue weighted by atomic mass is 16.5. The number of ether oxygens (including phenoxy) is 2. The zero-order valence-electron chi connectivity index (χ0n) is 14.4. The molecule has 0 fully saturated rings. The number of rotatable bonds is 4. The molecule has 25 heavy (non-hydrogen) atoms. The van der Waals surface area contributed by atoms with Crippen molar-refractivity contribution in [2.75, 3.05) is 17.7 Å².